The van der Waals surface area contributed by atoms with Crippen molar-refractivity contribution in [3.63, 3.8) is 0 Å². The van der Waals surface area contributed by atoms with Crippen LogP contribution in [-0.4, -0.2) is 41.5 Å². The maximum Gasteiger partial charge on any atom is 0.339 e. The molecule has 2 aromatic rings. The van der Waals surface area contributed by atoms with E-state index < -0.39 is 12.1 Å². The highest BCUT2D eigenvalue weighted by Crippen LogP contribution is 2.33. The molecule has 1 saturated heterocycles. The van der Waals surface area contributed by atoms with Gasteiger partial charge in [-0.1, -0.05) is 30.3 Å². The quantitative estimate of drug-likeness (QED) is 0.779. The van der Waals surface area contributed by atoms with E-state index in [-0.39, 0.29) is 11.8 Å². The molecule has 0 bridgehead atoms. The highest BCUT2D eigenvalue weighted by Gasteiger charge is 2.31. The number of ether oxygens (including phenoxy) is 1. The number of likely N-dealkylation sites (tertiary alicyclic amines) is 1. The molecule has 0 aliphatic carbocycles. The summed E-state index contributed by atoms with van der Waals surface area (Å²) in [6.45, 7) is 1.36. The van der Waals surface area contributed by atoms with Gasteiger partial charge in [0, 0.05) is 23.5 Å². The van der Waals surface area contributed by atoms with Gasteiger partial charge in [-0.2, -0.15) is 0 Å². The van der Waals surface area contributed by atoms with Crippen LogP contribution in [0.25, 0.3) is 0 Å². The first-order valence-corrected chi connectivity index (χ1v) is 10.7. The van der Waals surface area contributed by atoms with E-state index in [0.29, 0.717) is 35.7 Å². The van der Waals surface area contributed by atoms with E-state index in [1.807, 2.05) is 18.2 Å². The van der Waals surface area contributed by atoms with Gasteiger partial charge >= 0.3 is 5.97 Å². The molecule has 2 aromatic carbocycles. The van der Waals surface area contributed by atoms with Crippen molar-refractivity contribution in [2.75, 3.05) is 24.2 Å². The maximum atomic E-state index is 13.1. The number of carbonyl (C=O) groups is 3. The van der Waals surface area contributed by atoms with Crippen molar-refractivity contribution < 1.29 is 19.1 Å². The molecule has 6 nitrogen and oxygen atoms in total. The second kappa shape index (κ2) is 8.69. The zero-order chi connectivity index (χ0) is 20.2. The Bertz CT molecular complexity index is 926. The topological polar surface area (TPSA) is 75.7 Å². The fourth-order valence-corrected chi connectivity index (χ4v) is 4.34. The second-order valence-corrected chi connectivity index (χ2v) is 8.15. The number of hydrogen-bond donors (Lipinski definition) is 1. The molecule has 1 fully saturated rings. The Morgan fingerprint density at radius 3 is 2.55 bits per heavy atom. The van der Waals surface area contributed by atoms with E-state index in [1.54, 1.807) is 35.2 Å². The summed E-state index contributed by atoms with van der Waals surface area (Å²) >= 11 is 1.43. The zero-order valence-electron chi connectivity index (χ0n) is 15.9. The molecule has 0 radical (unpaired) electrons. The number of rotatable bonds is 4. The fourth-order valence-electron chi connectivity index (χ4n) is 3.55. The van der Waals surface area contributed by atoms with Crippen LogP contribution in [0.3, 0.4) is 0 Å². The van der Waals surface area contributed by atoms with E-state index in [0.717, 1.165) is 24.2 Å². The Labute approximate surface area is 173 Å². The lowest BCUT2D eigenvalue weighted by Gasteiger charge is -2.30. The van der Waals surface area contributed by atoms with Gasteiger partial charge in [-0.25, -0.2) is 4.79 Å². The van der Waals surface area contributed by atoms with Crippen LogP contribution in [0.4, 0.5) is 5.69 Å². The molecule has 29 heavy (non-hydrogen) atoms. The number of esters is 1. The molecule has 4 rings (SSSR count). The first-order chi connectivity index (χ1) is 14.1. The maximum absolute atomic E-state index is 13.1. The minimum atomic E-state index is -0.984. The molecule has 7 heteroatoms. The fraction of sp³-hybridized carbons (Fsp3) is 0.318. The summed E-state index contributed by atoms with van der Waals surface area (Å²) in [7, 11) is 0. The van der Waals surface area contributed by atoms with Crippen LogP contribution < -0.4 is 5.32 Å². The van der Waals surface area contributed by atoms with E-state index in [9.17, 15) is 14.4 Å². The van der Waals surface area contributed by atoms with Gasteiger partial charge in [-0.3, -0.25) is 9.59 Å². The predicted octanol–water partition coefficient (Wildman–Crippen LogP) is 3.64. The van der Waals surface area contributed by atoms with Crippen molar-refractivity contribution in [3.8, 4) is 0 Å². The number of thioether (sulfide) groups is 1. The minimum Gasteiger partial charge on any atom is -0.444 e. The summed E-state index contributed by atoms with van der Waals surface area (Å²) in [5, 5.41) is 2.77. The molecule has 2 aliphatic rings. The molecule has 1 atom stereocenters. The largest absolute Gasteiger partial charge is 0.444 e. The Balaban J connectivity index is 1.57. The molecule has 2 aliphatic heterocycles. The molecule has 150 valence electrons. The average Bonchev–Trinajstić information content (AvgIpc) is 2.77. The molecular formula is C22H22N2O4S. The molecular weight excluding hydrogens is 388 g/mol. The van der Waals surface area contributed by atoms with Crippen LogP contribution in [-0.2, 0) is 14.3 Å². The number of carbonyl (C=O) groups excluding carboxylic acids is 3. The lowest BCUT2D eigenvalue weighted by molar-refractivity contribution is -0.142. The highest BCUT2D eigenvalue weighted by atomic mass is 32.2. The number of nitrogens with one attached hydrogen (secondary N) is 1. The summed E-state index contributed by atoms with van der Waals surface area (Å²) in [5.41, 5.74) is 1.55. The molecule has 2 amide bonds. The Kier molecular flexibility index (Phi) is 5.85. The summed E-state index contributed by atoms with van der Waals surface area (Å²) in [5.74, 6) is -0.518. The van der Waals surface area contributed by atoms with E-state index >= 15 is 0 Å². The van der Waals surface area contributed by atoms with Gasteiger partial charge < -0.3 is 15.0 Å². The predicted molar refractivity (Wildman–Crippen MR) is 111 cm³/mol. The average molecular weight is 410 g/mol. The van der Waals surface area contributed by atoms with Crippen LogP contribution in [0.1, 0.15) is 41.3 Å². The third-order valence-electron chi connectivity index (χ3n) is 5.07. The Morgan fingerprint density at radius 2 is 1.79 bits per heavy atom. The molecule has 0 unspecified atom stereocenters. The number of benzene rings is 2. The Morgan fingerprint density at radius 1 is 1.03 bits per heavy atom. The van der Waals surface area contributed by atoms with Crippen LogP contribution in [0, 0.1) is 0 Å². The molecule has 1 N–H and O–H groups in total. The minimum absolute atomic E-state index is 0.101. The molecule has 0 saturated carbocycles. The van der Waals surface area contributed by atoms with Crippen molar-refractivity contribution in [2.24, 2.45) is 0 Å². The van der Waals surface area contributed by atoms with Crippen LogP contribution in [0.15, 0.2) is 53.4 Å². The lowest BCUT2D eigenvalue weighted by atomic mass is 10.1. The summed E-state index contributed by atoms with van der Waals surface area (Å²) < 4.78 is 5.71. The van der Waals surface area contributed by atoms with Crippen molar-refractivity contribution in [2.45, 2.75) is 30.3 Å². The summed E-state index contributed by atoms with van der Waals surface area (Å²) in [6, 6.07) is 14.2. The number of fused-ring (bicyclic) bond motifs is 1. The number of nitrogens with zero attached hydrogens (tertiary/aromatic N) is 1. The number of hydrogen-bond acceptors (Lipinski definition) is 5. The van der Waals surface area contributed by atoms with E-state index in [1.165, 1.54) is 11.8 Å². The van der Waals surface area contributed by atoms with Gasteiger partial charge in [0.2, 0.25) is 12.0 Å². The first kappa shape index (κ1) is 19.5. The van der Waals surface area contributed by atoms with Gasteiger partial charge in [0.15, 0.2) is 0 Å². The van der Waals surface area contributed by atoms with Gasteiger partial charge in [0.05, 0.1) is 17.0 Å². The third-order valence-corrected chi connectivity index (χ3v) is 6.14. The number of anilines is 1. The molecule has 2 heterocycles. The van der Waals surface area contributed by atoms with Gasteiger partial charge in [-0.15, -0.1) is 11.8 Å². The van der Waals surface area contributed by atoms with Gasteiger partial charge in [-0.05, 0) is 37.5 Å². The third kappa shape index (κ3) is 4.45. The van der Waals surface area contributed by atoms with Gasteiger partial charge in [0.1, 0.15) is 0 Å². The highest BCUT2D eigenvalue weighted by molar-refractivity contribution is 8.00. The SMILES string of the molecule is O=C1CSc2ccc(C(=O)O[C@@H](C(=O)N3CCCCC3)c3ccccc3)cc2N1. The van der Waals surface area contributed by atoms with E-state index in [2.05, 4.69) is 5.32 Å². The molecule has 0 spiro atoms. The smallest absolute Gasteiger partial charge is 0.339 e. The standard InChI is InChI=1S/C22H22N2O4S/c25-19-14-29-18-10-9-16(13-17(18)23-19)22(27)28-20(15-7-3-1-4-8-15)21(26)24-11-5-2-6-12-24/h1,3-4,7-10,13,20H,2,5-6,11-12,14H2,(H,23,25)/t20-/m1/s1. The van der Waals surface area contributed by atoms with Crippen molar-refractivity contribution in [1.29, 1.82) is 0 Å². The molecule has 0 aromatic heterocycles. The normalized spacial score (nSPS) is 17.1. The first-order valence-electron chi connectivity index (χ1n) is 9.73. The van der Waals surface area contributed by atoms with Crippen LogP contribution in [0.2, 0.25) is 0 Å². The van der Waals surface area contributed by atoms with Crippen LogP contribution >= 0.6 is 11.8 Å². The van der Waals surface area contributed by atoms with Crippen molar-refractivity contribution in [1.82, 2.24) is 4.90 Å². The van der Waals surface area contributed by atoms with Gasteiger partial charge in [0.25, 0.3) is 5.91 Å². The zero-order valence-corrected chi connectivity index (χ0v) is 16.7. The number of amides is 2. The monoisotopic (exact) mass is 410 g/mol. The number of piperidine rings is 1. The van der Waals surface area contributed by atoms with E-state index in [4.69, 9.17) is 4.74 Å². The van der Waals surface area contributed by atoms with Crippen LogP contribution in [0.5, 0.6) is 0 Å². The van der Waals surface area contributed by atoms with Crippen molar-refractivity contribution in [3.05, 3.63) is 59.7 Å². The Hall–Kier alpha value is -2.80. The summed E-state index contributed by atoms with van der Waals surface area (Å²) in [6.07, 6.45) is 2.05. The second-order valence-electron chi connectivity index (χ2n) is 7.13. The summed E-state index contributed by atoms with van der Waals surface area (Å²) in [4.78, 5) is 40.3. The lowest BCUT2D eigenvalue weighted by Crippen LogP contribution is -2.40. The van der Waals surface area contributed by atoms with Crippen molar-refractivity contribution >= 4 is 35.2 Å².